The molecular weight excluding hydrogens is 322 g/mol. The smallest absolute Gasteiger partial charge is 0.292 e. The lowest BCUT2D eigenvalue weighted by atomic mass is 9.92. The second-order valence-electron chi connectivity index (χ2n) is 6.75. The molecule has 1 heterocycles. The predicted molar refractivity (Wildman–Crippen MR) is 95.8 cm³/mol. The molecule has 0 spiro atoms. The number of hydrogen-bond acceptors (Lipinski definition) is 5. The summed E-state index contributed by atoms with van der Waals surface area (Å²) in [5, 5.41) is 21.1. The maximum absolute atomic E-state index is 12.3. The monoisotopic (exact) mass is 345 g/mol. The molecule has 0 fully saturated rings. The zero-order chi connectivity index (χ0) is 18.6. The van der Waals surface area contributed by atoms with Crippen molar-refractivity contribution in [2.75, 3.05) is 18.4 Å². The van der Waals surface area contributed by atoms with Gasteiger partial charge in [0, 0.05) is 31.6 Å². The molecule has 0 saturated carbocycles. The number of carbonyl (C=O) groups is 1. The van der Waals surface area contributed by atoms with Gasteiger partial charge in [0.15, 0.2) is 0 Å². The number of amides is 1. The number of rotatable bonds is 6. The molecule has 8 nitrogen and oxygen atoms in total. The maximum Gasteiger partial charge on any atom is 0.292 e. The van der Waals surface area contributed by atoms with Gasteiger partial charge in [0.2, 0.25) is 0 Å². The van der Waals surface area contributed by atoms with E-state index in [1.165, 1.54) is 6.07 Å². The van der Waals surface area contributed by atoms with Crippen LogP contribution in [-0.4, -0.2) is 33.7 Å². The topological polar surface area (TPSA) is 102 Å². The number of benzene rings is 1. The van der Waals surface area contributed by atoms with Crippen LogP contribution in [0.1, 0.15) is 37.0 Å². The first kappa shape index (κ1) is 18.4. The van der Waals surface area contributed by atoms with Crippen LogP contribution in [0.5, 0.6) is 0 Å². The van der Waals surface area contributed by atoms with Crippen LogP contribution in [0, 0.1) is 10.1 Å². The van der Waals surface area contributed by atoms with E-state index in [9.17, 15) is 14.9 Å². The van der Waals surface area contributed by atoms with Gasteiger partial charge in [-0.3, -0.25) is 19.6 Å². The molecule has 0 unspecified atom stereocenters. The van der Waals surface area contributed by atoms with Crippen LogP contribution < -0.4 is 10.6 Å². The minimum Gasteiger partial charge on any atom is -0.378 e. The molecule has 0 radical (unpaired) electrons. The van der Waals surface area contributed by atoms with Gasteiger partial charge in [-0.25, -0.2) is 0 Å². The van der Waals surface area contributed by atoms with Gasteiger partial charge in [-0.15, -0.1) is 0 Å². The Kier molecular flexibility index (Phi) is 5.41. The SMILES string of the molecule is Cn1nc(C(C)(C)C)cc1C(=O)NCCNc1ccccc1[N+](=O)[O-]. The van der Waals surface area contributed by atoms with E-state index in [0.717, 1.165) is 5.69 Å². The summed E-state index contributed by atoms with van der Waals surface area (Å²) >= 11 is 0. The molecule has 0 saturated heterocycles. The third kappa shape index (κ3) is 4.56. The van der Waals surface area contributed by atoms with Crippen LogP contribution in [0.25, 0.3) is 0 Å². The summed E-state index contributed by atoms with van der Waals surface area (Å²) in [6, 6.07) is 8.18. The second-order valence-corrected chi connectivity index (χ2v) is 6.75. The fourth-order valence-corrected chi connectivity index (χ4v) is 2.29. The van der Waals surface area contributed by atoms with Crippen molar-refractivity contribution in [3.63, 3.8) is 0 Å². The van der Waals surface area contributed by atoms with Gasteiger partial charge < -0.3 is 10.6 Å². The molecular formula is C17H23N5O3. The highest BCUT2D eigenvalue weighted by atomic mass is 16.6. The van der Waals surface area contributed by atoms with Gasteiger partial charge in [-0.05, 0) is 12.1 Å². The third-order valence-electron chi connectivity index (χ3n) is 3.71. The zero-order valence-corrected chi connectivity index (χ0v) is 14.9. The van der Waals surface area contributed by atoms with Gasteiger partial charge in [-0.1, -0.05) is 32.9 Å². The van der Waals surface area contributed by atoms with Crippen molar-refractivity contribution in [3.05, 3.63) is 51.8 Å². The number of aromatic nitrogens is 2. The molecule has 2 N–H and O–H groups in total. The van der Waals surface area contributed by atoms with Crippen LogP contribution in [0.4, 0.5) is 11.4 Å². The number of nitrogens with one attached hydrogen (secondary N) is 2. The Morgan fingerprint density at radius 1 is 1.28 bits per heavy atom. The summed E-state index contributed by atoms with van der Waals surface area (Å²) < 4.78 is 1.56. The molecule has 134 valence electrons. The van der Waals surface area contributed by atoms with Crippen molar-refractivity contribution >= 4 is 17.3 Å². The number of aryl methyl sites for hydroxylation is 1. The Morgan fingerprint density at radius 2 is 1.96 bits per heavy atom. The molecule has 0 aliphatic heterocycles. The van der Waals surface area contributed by atoms with Crippen LogP contribution in [0.2, 0.25) is 0 Å². The van der Waals surface area contributed by atoms with E-state index < -0.39 is 4.92 Å². The molecule has 1 amide bonds. The Hall–Kier alpha value is -2.90. The van der Waals surface area contributed by atoms with E-state index in [1.807, 2.05) is 20.8 Å². The normalized spacial score (nSPS) is 11.2. The van der Waals surface area contributed by atoms with Crippen LogP contribution in [-0.2, 0) is 12.5 Å². The summed E-state index contributed by atoms with van der Waals surface area (Å²) in [5.41, 5.74) is 1.63. The maximum atomic E-state index is 12.3. The lowest BCUT2D eigenvalue weighted by Gasteiger charge is -2.13. The lowest BCUT2D eigenvalue weighted by Crippen LogP contribution is -2.30. The van der Waals surface area contributed by atoms with Crippen molar-refractivity contribution in [2.45, 2.75) is 26.2 Å². The van der Waals surface area contributed by atoms with E-state index in [-0.39, 0.29) is 17.0 Å². The average molecular weight is 345 g/mol. The van der Waals surface area contributed by atoms with Gasteiger partial charge in [0.1, 0.15) is 11.4 Å². The minimum absolute atomic E-state index is 0.00952. The Morgan fingerprint density at radius 3 is 2.56 bits per heavy atom. The molecule has 2 aromatic rings. The first-order valence-corrected chi connectivity index (χ1v) is 8.00. The third-order valence-corrected chi connectivity index (χ3v) is 3.71. The molecule has 25 heavy (non-hydrogen) atoms. The van der Waals surface area contributed by atoms with E-state index in [2.05, 4.69) is 15.7 Å². The fourth-order valence-electron chi connectivity index (χ4n) is 2.29. The molecule has 8 heteroatoms. The standard InChI is InChI=1S/C17H23N5O3/c1-17(2,3)15-11-14(21(4)20-15)16(23)19-10-9-18-12-7-5-6-8-13(12)22(24)25/h5-8,11,18H,9-10H2,1-4H3,(H,19,23). The van der Waals surface area contributed by atoms with E-state index >= 15 is 0 Å². The largest absolute Gasteiger partial charge is 0.378 e. The predicted octanol–water partition coefficient (Wildman–Crippen LogP) is 2.47. The number of nitrogens with zero attached hydrogens (tertiary/aromatic N) is 3. The Bertz CT molecular complexity index is 777. The highest BCUT2D eigenvalue weighted by Crippen LogP contribution is 2.23. The summed E-state index contributed by atoms with van der Waals surface area (Å²) in [5.74, 6) is -0.227. The lowest BCUT2D eigenvalue weighted by molar-refractivity contribution is -0.384. The molecule has 0 bridgehead atoms. The van der Waals surface area contributed by atoms with E-state index in [0.29, 0.717) is 24.5 Å². The van der Waals surface area contributed by atoms with Gasteiger partial charge in [0.25, 0.3) is 11.6 Å². The van der Waals surface area contributed by atoms with E-state index in [1.54, 1.807) is 36.0 Å². The Labute approximate surface area is 146 Å². The second kappa shape index (κ2) is 7.33. The summed E-state index contributed by atoms with van der Waals surface area (Å²) in [6.07, 6.45) is 0. The molecule has 0 atom stereocenters. The highest BCUT2D eigenvalue weighted by molar-refractivity contribution is 5.92. The summed E-state index contributed by atoms with van der Waals surface area (Å²) in [7, 11) is 1.73. The molecule has 1 aromatic carbocycles. The molecule has 1 aromatic heterocycles. The fraction of sp³-hybridized carbons (Fsp3) is 0.412. The summed E-state index contributed by atoms with van der Waals surface area (Å²) in [4.78, 5) is 22.8. The molecule has 2 rings (SSSR count). The number of nitro benzene ring substituents is 1. The van der Waals surface area contributed by atoms with Gasteiger partial charge in [-0.2, -0.15) is 5.10 Å². The first-order chi connectivity index (χ1) is 11.7. The summed E-state index contributed by atoms with van der Waals surface area (Å²) in [6.45, 7) is 6.82. The van der Waals surface area contributed by atoms with Crippen molar-refractivity contribution in [1.29, 1.82) is 0 Å². The number of anilines is 1. The number of carbonyl (C=O) groups excluding carboxylic acids is 1. The number of hydrogen-bond donors (Lipinski definition) is 2. The quantitative estimate of drug-likeness (QED) is 0.476. The van der Waals surface area contributed by atoms with Gasteiger partial charge >= 0.3 is 0 Å². The minimum atomic E-state index is -0.440. The number of para-hydroxylation sites is 2. The van der Waals surface area contributed by atoms with Crippen molar-refractivity contribution in [3.8, 4) is 0 Å². The van der Waals surface area contributed by atoms with Crippen LogP contribution in [0.3, 0.4) is 0 Å². The Balaban J connectivity index is 1.92. The van der Waals surface area contributed by atoms with Crippen molar-refractivity contribution < 1.29 is 9.72 Å². The van der Waals surface area contributed by atoms with Crippen LogP contribution >= 0.6 is 0 Å². The van der Waals surface area contributed by atoms with Gasteiger partial charge in [0.05, 0.1) is 10.6 Å². The zero-order valence-electron chi connectivity index (χ0n) is 14.9. The molecule has 0 aliphatic rings. The van der Waals surface area contributed by atoms with Crippen molar-refractivity contribution in [2.24, 2.45) is 7.05 Å². The highest BCUT2D eigenvalue weighted by Gasteiger charge is 2.21. The van der Waals surface area contributed by atoms with Crippen molar-refractivity contribution in [1.82, 2.24) is 15.1 Å². The first-order valence-electron chi connectivity index (χ1n) is 8.00. The molecule has 0 aliphatic carbocycles. The van der Waals surface area contributed by atoms with E-state index in [4.69, 9.17) is 0 Å². The van der Waals surface area contributed by atoms with Crippen LogP contribution in [0.15, 0.2) is 30.3 Å². The average Bonchev–Trinajstić information content (AvgIpc) is 2.94. The number of nitro groups is 1.